The van der Waals surface area contributed by atoms with Gasteiger partial charge in [0.2, 0.25) is 0 Å². The van der Waals surface area contributed by atoms with Gasteiger partial charge in [-0.05, 0) is 43.5 Å². The summed E-state index contributed by atoms with van der Waals surface area (Å²) in [5, 5.41) is 2.89. The second-order valence-electron chi connectivity index (χ2n) is 7.62. The molecular formula is C23H29N5O. The predicted octanol–water partition coefficient (Wildman–Crippen LogP) is 3.98. The summed E-state index contributed by atoms with van der Waals surface area (Å²) in [5.74, 6) is 2.07. The normalized spacial score (nSPS) is 15.0. The number of fused-ring (bicyclic) bond motifs is 1. The van der Waals surface area contributed by atoms with Crippen molar-refractivity contribution in [3.8, 4) is 0 Å². The highest BCUT2D eigenvalue weighted by Crippen LogP contribution is 2.30. The van der Waals surface area contributed by atoms with Crippen LogP contribution in [0.3, 0.4) is 0 Å². The molecule has 1 aromatic carbocycles. The van der Waals surface area contributed by atoms with Crippen LogP contribution in [0, 0.1) is 0 Å². The fraction of sp³-hybridized carbons (Fsp3) is 0.435. The molecule has 1 aliphatic rings. The summed E-state index contributed by atoms with van der Waals surface area (Å²) in [5.41, 5.74) is 2.95. The summed E-state index contributed by atoms with van der Waals surface area (Å²) in [6, 6.07) is 12.7. The molecule has 0 atom stereocenters. The Hall–Kier alpha value is -2.89. The van der Waals surface area contributed by atoms with E-state index in [1.54, 1.807) is 6.20 Å². The van der Waals surface area contributed by atoms with Crippen LogP contribution in [0.2, 0.25) is 0 Å². The number of para-hydroxylation sites is 2. The van der Waals surface area contributed by atoms with Gasteiger partial charge in [-0.3, -0.25) is 4.79 Å². The number of anilines is 1. The van der Waals surface area contributed by atoms with Crippen LogP contribution in [-0.4, -0.2) is 40.1 Å². The Bertz CT molecular complexity index is 971. The first kappa shape index (κ1) is 19.4. The lowest BCUT2D eigenvalue weighted by Crippen LogP contribution is -2.35. The zero-order valence-electron chi connectivity index (χ0n) is 17.3. The standard InChI is InChI=1S/C23H29N5O/c1-3-13-24-23(29)17-9-10-22(25-16-17)27-14-11-18(12-15-27)28-20-8-6-5-7-19(20)26-21(28)4-2/h5-10,16,18H,3-4,11-15H2,1-2H3,(H,24,29). The van der Waals surface area contributed by atoms with E-state index in [-0.39, 0.29) is 5.91 Å². The van der Waals surface area contributed by atoms with Gasteiger partial charge in [0, 0.05) is 38.3 Å². The average molecular weight is 392 g/mol. The maximum absolute atomic E-state index is 12.1. The minimum atomic E-state index is -0.0521. The minimum Gasteiger partial charge on any atom is -0.356 e. The van der Waals surface area contributed by atoms with E-state index in [4.69, 9.17) is 4.98 Å². The van der Waals surface area contributed by atoms with Crippen molar-refractivity contribution in [2.75, 3.05) is 24.5 Å². The zero-order valence-corrected chi connectivity index (χ0v) is 17.3. The van der Waals surface area contributed by atoms with E-state index in [0.717, 1.165) is 50.1 Å². The number of nitrogens with zero attached hydrogens (tertiary/aromatic N) is 4. The summed E-state index contributed by atoms with van der Waals surface area (Å²) < 4.78 is 2.45. The van der Waals surface area contributed by atoms with Gasteiger partial charge in [-0.25, -0.2) is 9.97 Å². The summed E-state index contributed by atoms with van der Waals surface area (Å²) >= 11 is 0. The third kappa shape index (κ3) is 3.97. The minimum absolute atomic E-state index is 0.0521. The Kier molecular flexibility index (Phi) is 5.79. The molecule has 3 heterocycles. The lowest BCUT2D eigenvalue weighted by atomic mass is 10.0. The van der Waals surface area contributed by atoms with Gasteiger partial charge in [0.1, 0.15) is 11.6 Å². The highest BCUT2D eigenvalue weighted by molar-refractivity contribution is 5.94. The molecule has 0 radical (unpaired) electrons. The number of pyridine rings is 1. The van der Waals surface area contributed by atoms with Crippen molar-refractivity contribution in [3.63, 3.8) is 0 Å². The van der Waals surface area contributed by atoms with E-state index < -0.39 is 0 Å². The third-order valence-electron chi connectivity index (χ3n) is 5.68. The van der Waals surface area contributed by atoms with E-state index in [1.807, 2.05) is 19.1 Å². The molecule has 2 aromatic heterocycles. The van der Waals surface area contributed by atoms with Gasteiger partial charge in [0.25, 0.3) is 5.91 Å². The number of carbonyl (C=O) groups is 1. The van der Waals surface area contributed by atoms with E-state index >= 15 is 0 Å². The number of aromatic nitrogens is 3. The molecule has 1 N–H and O–H groups in total. The molecule has 0 unspecified atom stereocenters. The zero-order chi connectivity index (χ0) is 20.2. The first-order valence-corrected chi connectivity index (χ1v) is 10.7. The molecule has 0 spiro atoms. The van der Waals surface area contributed by atoms with Crippen LogP contribution in [-0.2, 0) is 6.42 Å². The smallest absolute Gasteiger partial charge is 0.252 e. The molecule has 6 nitrogen and oxygen atoms in total. The topological polar surface area (TPSA) is 63.1 Å². The number of nitrogens with one attached hydrogen (secondary N) is 1. The molecule has 0 bridgehead atoms. The molecule has 6 heteroatoms. The number of amides is 1. The largest absolute Gasteiger partial charge is 0.356 e. The molecule has 1 saturated heterocycles. The van der Waals surface area contributed by atoms with Gasteiger partial charge in [-0.1, -0.05) is 26.0 Å². The highest BCUT2D eigenvalue weighted by Gasteiger charge is 2.24. The summed E-state index contributed by atoms with van der Waals surface area (Å²) in [6.45, 7) is 6.82. The molecule has 4 rings (SSSR count). The van der Waals surface area contributed by atoms with E-state index in [9.17, 15) is 4.79 Å². The quantitative estimate of drug-likeness (QED) is 0.690. The van der Waals surface area contributed by atoms with Crippen molar-refractivity contribution < 1.29 is 4.79 Å². The fourth-order valence-corrected chi connectivity index (χ4v) is 4.15. The number of hydrogen-bond acceptors (Lipinski definition) is 4. The number of carbonyl (C=O) groups excluding carboxylic acids is 1. The van der Waals surface area contributed by atoms with Gasteiger partial charge in [-0.2, -0.15) is 0 Å². The Balaban J connectivity index is 1.44. The Morgan fingerprint density at radius 3 is 2.62 bits per heavy atom. The summed E-state index contributed by atoms with van der Waals surface area (Å²) in [4.78, 5) is 23.8. The van der Waals surface area contributed by atoms with Crippen molar-refractivity contribution in [1.29, 1.82) is 0 Å². The maximum atomic E-state index is 12.1. The van der Waals surface area contributed by atoms with Crippen LogP contribution in [0.15, 0.2) is 42.6 Å². The molecule has 3 aromatic rings. The molecule has 1 aliphatic heterocycles. The number of rotatable bonds is 6. The number of hydrogen-bond donors (Lipinski definition) is 1. The van der Waals surface area contributed by atoms with Crippen LogP contribution in [0.25, 0.3) is 11.0 Å². The summed E-state index contributed by atoms with van der Waals surface area (Å²) in [7, 11) is 0. The highest BCUT2D eigenvalue weighted by atomic mass is 16.1. The molecular weight excluding hydrogens is 362 g/mol. The Morgan fingerprint density at radius 2 is 1.93 bits per heavy atom. The van der Waals surface area contributed by atoms with Crippen LogP contribution < -0.4 is 10.2 Å². The van der Waals surface area contributed by atoms with Gasteiger partial charge in [0.05, 0.1) is 16.6 Å². The number of piperidine rings is 1. The van der Waals surface area contributed by atoms with E-state index in [0.29, 0.717) is 18.2 Å². The first-order valence-electron chi connectivity index (χ1n) is 10.7. The maximum Gasteiger partial charge on any atom is 0.252 e. The van der Waals surface area contributed by atoms with Gasteiger partial charge < -0.3 is 14.8 Å². The molecule has 152 valence electrons. The summed E-state index contributed by atoms with van der Waals surface area (Å²) in [6.07, 6.45) is 5.68. The van der Waals surface area contributed by atoms with Crippen molar-refractivity contribution in [3.05, 3.63) is 54.0 Å². The number of aryl methyl sites for hydroxylation is 1. The molecule has 1 amide bonds. The molecule has 0 saturated carbocycles. The van der Waals surface area contributed by atoms with Crippen molar-refractivity contribution in [2.45, 2.75) is 45.6 Å². The number of imidazole rings is 1. The average Bonchev–Trinajstić information content (AvgIpc) is 3.16. The molecule has 0 aliphatic carbocycles. The SMILES string of the molecule is CCCNC(=O)c1ccc(N2CCC(n3c(CC)nc4ccccc43)CC2)nc1. The first-order chi connectivity index (χ1) is 14.2. The van der Waals surface area contributed by atoms with Crippen LogP contribution in [0.1, 0.15) is 55.3 Å². The Labute approximate surface area is 172 Å². The number of benzene rings is 1. The van der Waals surface area contributed by atoms with Crippen LogP contribution in [0.5, 0.6) is 0 Å². The van der Waals surface area contributed by atoms with Crippen LogP contribution >= 0.6 is 0 Å². The second-order valence-corrected chi connectivity index (χ2v) is 7.62. The second kappa shape index (κ2) is 8.64. The fourth-order valence-electron chi connectivity index (χ4n) is 4.15. The predicted molar refractivity (Wildman–Crippen MR) is 116 cm³/mol. The van der Waals surface area contributed by atoms with Crippen molar-refractivity contribution >= 4 is 22.8 Å². The molecule has 1 fully saturated rings. The van der Waals surface area contributed by atoms with Gasteiger partial charge >= 0.3 is 0 Å². The lowest BCUT2D eigenvalue weighted by molar-refractivity contribution is 0.0953. The van der Waals surface area contributed by atoms with Crippen molar-refractivity contribution in [2.24, 2.45) is 0 Å². The monoisotopic (exact) mass is 391 g/mol. The van der Waals surface area contributed by atoms with E-state index in [1.165, 1.54) is 11.3 Å². The van der Waals surface area contributed by atoms with Crippen molar-refractivity contribution in [1.82, 2.24) is 19.9 Å². The van der Waals surface area contributed by atoms with Gasteiger partial charge in [0.15, 0.2) is 0 Å². The van der Waals surface area contributed by atoms with Gasteiger partial charge in [-0.15, -0.1) is 0 Å². The van der Waals surface area contributed by atoms with E-state index in [2.05, 4.69) is 51.0 Å². The van der Waals surface area contributed by atoms with Crippen LogP contribution in [0.4, 0.5) is 5.82 Å². The molecule has 29 heavy (non-hydrogen) atoms. The third-order valence-corrected chi connectivity index (χ3v) is 5.68. The lowest BCUT2D eigenvalue weighted by Gasteiger charge is -2.34. The Morgan fingerprint density at radius 1 is 1.14 bits per heavy atom.